The molecule has 0 spiro atoms. The number of halogens is 1. The lowest BCUT2D eigenvalue weighted by Gasteiger charge is -2.37. The molecule has 1 saturated heterocycles. The van der Waals surface area contributed by atoms with Gasteiger partial charge in [0, 0.05) is 44.8 Å². The van der Waals surface area contributed by atoms with E-state index in [1.807, 2.05) is 11.0 Å². The first-order valence-electron chi connectivity index (χ1n) is 9.66. The number of amides is 2. The molecular weight excluding hydrogens is 357 g/mol. The summed E-state index contributed by atoms with van der Waals surface area (Å²) in [5.74, 6) is -1.24. The predicted octanol–water partition coefficient (Wildman–Crippen LogP) is 2.90. The first-order chi connectivity index (χ1) is 13.5. The highest BCUT2D eigenvalue weighted by Gasteiger charge is 2.34. The third-order valence-electron chi connectivity index (χ3n) is 5.69. The third-order valence-corrected chi connectivity index (χ3v) is 5.69. The Balaban J connectivity index is 1.42. The molecule has 2 aromatic rings. The van der Waals surface area contributed by atoms with Crippen LogP contribution in [0.5, 0.6) is 0 Å². The molecule has 0 saturated carbocycles. The van der Waals surface area contributed by atoms with Crippen molar-refractivity contribution in [2.75, 3.05) is 31.5 Å². The van der Waals surface area contributed by atoms with Crippen LogP contribution in [0.25, 0.3) is 0 Å². The molecule has 5 nitrogen and oxygen atoms in total. The summed E-state index contributed by atoms with van der Waals surface area (Å²) in [7, 11) is 0. The average Bonchev–Trinajstić information content (AvgIpc) is 2.69. The second-order valence-corrected chi connectivity index (χ2v) is 7.56. The lowest BCUT2D eigenvalue weighted by atomic mass is 9.89. The highest BCUT2D eigenvalue weighted by atomic mass is 19.1. The van der Waals surface area contributed by atoms with Gasteiger partial charge in [0.25, 0.3) is 0 Å². The maximum absolute atomic E-state index is 13.5. The highest BCUT2D eigenvalue weighted by molar-refractivity contribution is 6.01. The smallest absolute Gasteiger partial charge is 0.230 e. The minimum Gasteiger partial charge on any atom is -0.340 e. The van der Waals surface area contributed by atoms with E-state index >= 15 is 0 Å². The number of benzene rings is 2. The van der Waals surface area contributed by atoms with Crippen LogP contribution in [0.1, 0.15) is 29.0 Å². The van der Waals surface area contributed by atoms with Gasteiger partial charge in [-0.15, -0.1) is 0 Å². The van der Waals surface area contributed by atoms with E-state index < -0.39 is 11.7 Å². The molecule has 0 aromatic heterocycles. The zero-order valence-corrected chi connectivity index (χ0v) is 16.0. The highest BCUT2D eigenvalue weighted by Crippen LogP contribution is 2.34. The van der Waals surface area contributed by atoms with Gasteiger partial charge in [0.05, 0.1) is 5.92 Å². The number of hydrogen-bond donors (Lipinski definition) is 1. The van der Waals surface area contributed by atoms with Gasteiger partial charge in [-0.25, -0.2) is 4.39 Å². The largest absolute Gasteiger partial charge is 0.340 e. The summed E-state index contributed by atoms with van der Waals surface area (Å²) in [5.41, 5.74) is 3.70. The number of hydrogen-bond acceptors (Lipinski definition) is 3. The Morgan fingerprint density at radius 2 is 1.89 bits per heavy atom. The lowest BCUT2D eigenvalue weighted by Crippen LogP contribution is -2.50. The molecule has 0 unspecified atom stereocenters. The molecule has 1 atom stereocenters. The Morgan fingerprint density at radius 3 is 2.64 bits per heavy atom. The zero-order chi connectivity index (χ0) is 19.7. The molecule has 2 aromatic carbocycles. The molecule has 146 valence electrons. The standard InChI is InChI=1S/C22H24FN3O2/c1-15-4-2-3-5-16(15)14-25-8-10-26(11-9-25)22(28)19-13-21(27)24-20-12-17(23)6-7-18(19)20/h2-7,12,19H,8-11,13-14H2,1H3,(H,24,27)/t19-/m1/s1. The van der Waals surface area contributed by atoms with Crippen LogP contribution in [0, 0.1) is 12.7 Å². The maximum atomic E-state index is 13.5. The van der Waals surface area contributed by atoms with Crippen LogP contribution in [0.2, 0.25) is 0 Å². The molecule has 2 heterocycles. The van der Waals surface area contributed by atoms with E-state index in [9.17, 15) is 14.0 Å². The number of anilines is 1. The van der Waals surface area contributed by atoms with Gasteiger partial charge in [-0.3, -0.25) is 14.5 Å². The molecule has 4 rings (SSSR count). The maximum Gasteiger partial charge on any atom is 0.230 e. The van der Waals surface area contributed by atoms with Crippen molar-refractivity contribution >= 4 is 17.5 Å². The van der Waals surface area contributed by atoms with Crippen LogP contribution in [0.4, 0.5) is 10.1 Å². The first kappa shape index (κ1) is 18.6. The molecular formula is C22H24FN3O2. The summed E-state index contributed by atoms with van der Waals surface area (Å²) in [5, 5.41) is 2.67. The van der Waals surface area contributed by atoms with Crippen molar-refractivity contribution < 1.29 is 14.0 Å². The van der Waals surface area contributed by atoms with Gasteiger partial charge in [-0.1, -0.05) is 30.3 Å². The van der Waals surface area contributed by atoms with Crippen molar-refractivity contribution in [3.05, 3.63) is 65.0 Å². The van der Waals surface area contributed by atoms with Gasteiger partial charge in [0.1, 0.15) is 5.82 Å². The van der Waals surface area contributed by atoms with Crippen LogP contribution in [0.3, 0.4) is 0 Å². The number of nitrogens with one attached hydrogen (secondary N) is 1. The number of carbonyl (C=O) groups is 2. The molecule has 1 fully saturated rings. The molecule has 0 radical (unpaired) electrons. The van der Waals surface area contributed by atoms with Crippen molar-refractivity contribution in [1.82, 2.24) is 9.80 Å². The fraction of sp³-hybridized carbons (Fsp3) is 0.364. The number of nitrogens with zero attached hydrogens (tertiary/aromatic N) is 2. The number of aryl methyl sites for hydroxylation is 1. The minimum atomic E-state index is -0.535. The van der Waals surface area contributed by atoms with Crippen LogP contribution < -0.4 is 5.32 Å². The molecule has 6 heteroatoms. The summed E-state index contributed by atoms with van der Waals surface area (Å²) in [6, 6.07) is 12.6. The third kappa shape index (κ3) is 3.78. The van der Waals surface area contributed by atoms with Crippen molar-refractivity contribution in [3.8, 4) is 0 Å². The van der Waals surface area contributed by atoms with E-state index in [-0.39, 0.29) is 18.2 Å². The van der Waals surface area contributed by atoms with E-state index in [2.05, 4.69) is 35.3 Å². The molecule has 2 aliphatic rings. The predicted molar refractivity (Wildman–Crippen MR) is 105 cm³/mol. The van der Waals surface area contributed by atoms with E-state index in [4.69, 9.17) is 0 Å². The summed E-state index contributed by atoms with van der Waals surface area (Å²) in [6.45, 7) is 5.87. The van der Waals surface area contributed by atoms with Gasteiger partial charge < -0.3 is 10.2 Å². The zero-order valence-electron chi connectivity index (χ0n) is 16.0. The summed E-state index contributed by atoms with van der Waals surface area (Å²) < 4.78 is 13.5. The van der Waals surface area contributed by atoms with E-state index in [0.717, 1.165) is 19.6 Å². The molecule has 0 aliphatic carbocycles. The van der Waals surface area contributed by atoms with Crippen molar-refractivity contribution in [3.63, 3.8) is 0 Å². The summed E-state index contributed by atoms with van der Waals surface area (Å²) >= 11 is 0. The lowest BCUT2D eigenvalue weighted by molar-refractivity contribution is -0.136. The Labute approximate surface area is 164 Å². The number of carbonyl (C=O) groups excluding carboxylic acids is 2. The topological polar surface area (TPSA) is 52.7 Å². The quantitative estimate of drug-likeness (QED) is 0.890. The fourth-order valence-corrected chi connectivity index (χ4v) is 4.03. The fourth-order valence-electron chi connectivity index (χ4n) is 4.03. The summed E-state index contributed by atoms with van der Waals surface area (Å²) in [6.07, 6.45) is 0.112. The molecule has 2 aliphatic heterocycles. The monoisotopic (exact) mass is 381 g/mol. The first-order valence-corrected chi connectivity index (χ1v) is 9.66. The minimum absolute atomic E-state index is 0.0433. The molecule has 1 N–H and O–H groups in total. The van der Waals surface area contributed by atoms with E-state index in [1.54, 1.807) is 6.07 Å². The number of piperazine rings is 1. The van der Waals surface area contributed by atoms with Gasteiger partial charge in [0.2, 0.25) is 11.8 Å². The number of fused-ring (bicyclic) bond motifs is 1. The van der Waals surface area contributed by atoms with Crippen LogP contribution in [0.15, 0.2) is 42.5 Å². The van der Waals surface area contributed by atoms with Gasteiger partial charge >= 0.3 is 0 Å². The number of rotatable bonds is 3. The average molecular weight is 381 g/mol. The Morgan fingerprint density at radius 1 is 1.14 bits per heavy atom. The Bertz CT molecular complexity index is 906. The van der Waals surface area contributed by atoms with Crippen LogP contribution in [-0.4, -0.2) is 47.8 Å². The van der Waals surface area contributed by atoms with E-state index in [0.29, 0.717) is 24.3 Å². The Hall–Kier alpha value is -2.73. The second kappa shape index (κ2) is 7.72. The van der Waals surface area contributed by atoms with Crippen molar-refractivity contribution in [1.29, 1.82) is 0 Å². The molecule has 2 amide bonds. The van der Waals surface area contributed by atoms with Crippen LogP contribution >= 0.6 is 0 Å². The van der Waals surface area contributed by atoms with Crippen LogP contribution in [-0.2, 0) is 16.1 Å². The normalized spacial score (nSPS) is 19.9. The summed E-state index contributed by atoms with van der Waals surface area (Å²) in [4.78, 5) is 29.3. The van der Waals surface area contributed by atoms with Gasteiger partial charge in [-0.2, -0.15) is 0 Å². The van der Waals surface area contributed by atoms with Crippen molar-refractivity contribution in [2.24, 2.45) is 0 Å². The molecule has 0 bridgehead atoms. The Kier molecular flexibility index (Phi) is 5.13. The molecule has 28 heavy (non-hydrogen) atoms. The van der Waals surface area contributed by atoms with Gasteiger partial charge in [-0.05, 0) is 35.7 Å². The van der Waals surface area contributed by atoms with Gasteiger partial charge in [0.15, 0.2) is 0 Å². The second-order valence-electron chi connectivity index (χ2n) is 7.56. The SMILES string of the molecule is Cc1ccccc1CN1CCN(C(=O)[C@@H]2CC(=O)Nc3cc(F)ccc32)CC1. The van der Waals surface area contributed by atoms with E-state index in [1.165, 1.54) is 23.3 Å². The van der Waals surface area contributed by atoms with Crippen molar-refractivity contribution in [2.45, 2.75) is 25.8 Å².